The van der Waals surface area contributed by atoms with E-state index in [1.165, 1.54) is 0 Å². The molecule has 0 aliphatic carbocycles. The first-order chi connectivity index (χ1) is 18.0. The number of hydrogen-bond acceptors (Lipinski definition) is 6. The van der Waals surface area contributed by atoms with Gasteiger partial charge in [0, 0.05) is 0 Å². The molecule has 0 amide bonds. The van der Waals surface area contributed by atoms with Gasteiger partial charge in [-0.2, -0.15) is 0 Å². The molecule has 10 heteroatoms. The van der Waals surface area contributed by atoms with E-state index < -0.39 is 22.7 Å². The summed E-state index contributed by atoms with van der Waals surface area (Å²) >= 11 is -4.17. The fourth-order valence-corrected chi connectivity index (χ4v) is 7.43. The van der Waals surface area contributed by atoms with Crippen molar-refractivity contribution in [2.45, 2.75) is 78.9 Å². The third-order valence-electron chi connectivity index (χ3n) is 5.88. The van der Waals surface area contributed by atoms with Gasteiger partial charge in [0.2, 0.25) is 0 Å². The summed E-state index contributed by atoms with van der Waals surface area (Å²) in [6.45, 7) is 7.86. The molecule has 9 nitrogen and oxygen atoms in total. The fourth-order valence-electron chi connectivity index (χ4n) is 3.71. The molecule has 0 saturated carbocycles. The molecule has 0 bridgehead atoms. The molecule has 0 spiro atoms. The van der Waals surface area contributed by atoms with E-state index in [0.29, 0.717) is 19.6 Å². The normalized spacial score (nSPS) is 10.8. The first-order valence-corrected chi connectivity index (χ1v) is 17.1. The number of unbranched alkanes of at least 4 members (excludes halogenated alkanes) is 3. The van der Waals surface area contributed by atoms with Crippen molar-refractivity contribution in [3.63, 3.8) is 0 Å². The molecule has 3 rings (SSSR count). The second-order valence-electron chi connectivity index (χ2n) is 8.82. The standard InChI is InChI=1S/3C9H13NO2.In/c3*1-2-3-6-10-7-4-5-8(11)9(10)12;/h3*4-5,7,11H,2-3,6H2,1H3;/q;;;+3/p-3. The molecule has 0 saturated heterocycles. The topological polar surface area (TPSA) is 93.7 Å². The molecular formula is C27H36InN3O6. The zero-order chi connectivity index (χ0) is 26.6. The van der Waals surface area contributed by atoms with Crippen molar-refractivity contribution in [1.29, 1.82) is 0 Å². The van der Waals surface area contributed by atoms with Crippen LogP contribution in [0.1, 0.15) is 59.3 Å². The van der Waals surface area contributed by atoms with Gasteiger partial charge in [0.15, 0.2) is 0 Å². The average Bonchev–Trinajstić information content (AvgIpc) is 2.90. The van der Waals surface area contributed by atoms with E-state index in [4.69, 9.17) is 8.56 Å². The van der Waals surface area contributed by atoms with Crippen LogP contribution in [0.15, 0.2) is 69.4 Å². The van der Waals surface area contributed by atoms with Crippen molar-refractivity contribution >= 4 is 22.7 Å². The van der Waals surface area contributed by atoms with Crippen molar-refractivity contribution in [3.05, 3.63) is 86.1 Å². The maximum atomic E-state index is 13.0. The van der Waals surface area contributed by atoms with Crippen LogP contribution in [0.2, 0.25) is 0 Å². The molecule has 198 valence electrons. The van der Waals surface area contributed by atoms with E-state index >= 15 is 0 Å². The van der Waals surface area contributed by atoms with Crippen molar-refractivity contribution in [2.75, 3.05) is 0 Å². The van der Waals surface area contributed by atoms with Crippen LogP contribution in [-0.4, -0.2) is 36.4 Å². The Bertz CT molecular complexity index is 1160. The van der Waals surface area contributed by atoms with Gasteiger partial charge in [0.05, 0.1) is 0 Å². The van der Waals surface area contributed by atoms with E-state index in [1.54, 1.807) is 68.7 Å². The van der Waals surface area contributed by atoms with E-state index in [-0.39, 0.29) is 33.9 Å². The summed E-state index contributed by atoms with van der Waals surface area (Å²) in [6, 6.07) is 9.89. The Morgan fingerprint density at radius 3 is 1.14 bits per heavy atom. The Kier molecular flexibility index (Phi) is 11.4. The van der Waals surface area contributed by atoms with Gasteiger partial charge in [-0.1, -0.05) is 0 Å². The van der Waals surface area contributed by atoms with Crippen molar-refractivity contribution < 1.29 is 8.56 Å². The monoisotopic (exact) mass is 613 g/mol. The summed E-state index contributed by atoms with van der Waals surface area (Å²) in [5.41, 5.74) is -0.898. The van der Waals surface area contributed by atoms with Gasteiger partial charge in [-0.05, 0) is 0 Å². The second-order valence-corrected chi connectivity index (χ2v) is 12.5. The van der Waals surface area contributed by atoms with Gasteiger partial charge in [-0.3, -0.25) is 0 Å². The predicted molar refractivity (Wildman–Crippen MR) is 144 cm³/mol. The van der Waals surface area contributed by atoms with Crippen LogP contribution in [0, 0.1) is 0 Å². The van der Waals surface area contributed by atoms with Gasteiger partial charge in [-0.15, -0.1) is 0 Å². The maximum absolute atomic E-state index is 13.0. The molecule has 3 aromatic rings. The van der Waals surface area contributed by atoms with E-state index in [2.05, 4.69) is 20.8 Å². The van der Waals surface area contributed by atoms with Crippen LogP contribution < -0.4 is 25.2 Å². The molecule has 0 atom stereocenters. The molecular weight excluding hydrogens is 577 g/mol. The molecule has 3 heterocycles. The third kappa shape index (κ3) is 8.05. The van der Waals surface area contributed by atoms with E-state index in [1.807, 2.05) is 0 Å². The molecule has 0 unspecified atom stereocenters. The predicted octanol–water partition coefficient (Wildman–Crippen LogP) is 4.09. The first kappa shape index (κ1) is 28.7. The van der Waals surface area contributed by atoms with Crippen LogP contribution in [0.4, 0.5) is 0 Å². The minimum atomic E-state index is -4.17. The second kappa shape index (κ2) is 14.8. The zero-order valence-corrected chi connectivity index (χ0v) is 25.2. The Hall–Kier alpha value is -2.88. The zero-order valence-electron chi connectivity index (χ0n) is 21.9. The number of hydrogen-bond donors (Lipinski definition) is 0. The number of aromatic nitrogens is 3. The van der Waals surface area contributed by atoms with Gasteiger partial charge >= 0.3 is 227 Å². The summed E-state index contributed by atoms with van der Waals surface area (Å²) in [5, 5.41) is 0. The summed E-state index contributed by atoms with van der Waals surface area (Å²) in [5.74, 6) is 0.261. The summed E-state index contributed by atoms with van der Waals surface area (Å²) in [6.07, 6.45) is 10.5. The van der Waals surface area contributed by atoms with Crippen LogP contribution in [-0.2, 0) is 19.6 Å². The molecule has 0 aliphatic rings. The molecule has 3 aromatic heterocycles. The number of aryl methyl sites for hydroxylation is 3. The quantitative estimate of drug-likeness (QED) is 0.257. The Balaban J connectivity index is 1.95. The van der Waals surface area contributed by atoms with Crippen molar-refractivity contribution in [1.82, 2.24) is 13.7 Å². The number of pyridine rings is 3. The van der Waals surface area contributed by atoms with Crippen LogP contribution >= 0.6 is 0 Å². The molecule has 0 fully saturated rings. The van der Waals surface area contributed by atoms with Crippen LogP contribution in [0.3, 0.4) is 0 Å². The fraction of sp³-hybridized carbons (Fsp3) is 0.444. The molecule has 0 aliphatic heterocycles. The summed E-state index contributed by atoms with van der Waals surface area (Å²) in [7, 11) is 0. The van der Waals surface area contributed by atoms with Gasteiger partial charge < -0.3 is 0 Å². The first-order valence-electron chi connectivity index (χ1n) is 13.1. The van der Waals surface area contributed by atoms with Crippen molar-refractivity contribution in [2.24, 2.45) is 0 Å². The number of nitrogens with zero attached hydrogens (tertiary/aromatic N) is 3. The summed E-state index contributed by atoms with van der Waals surface area (Å²) in [4.78, 5) is 39.1. The Morgan fingerprint density at radius 2 is 0.865 bits per heavy atom. The minimum absolute atomic E-state index is 0.0869. The van der Waals surface area contributed by atoms with Crippen molar-refractivity contribution in [3.8, 4) is 17.2 Å². The number of rotatable bonds is 15. The molecule has 0 N–H and O–H groups in total. The van der Waals surface area contributed by atoms with Crippen LogP contribution in [0.5, 0.6) is 17.2 Å². The Labute approximate surface area is 226 Å². The van der Waals surface area contributed by atoms with Gasteiger partial charge in [-0.25, -0.2) is 0 Å². The van der Waals surface area contributed by atoms with E-state index in [0.717, 1.165) is 38.5 Å². The average molecular weight is 613 g/mol. The molecule has 0 aromatic carbocycles. The van der Waals surface area contributed by atoms with E-state index in [9.17, 15) is 14.4 Å². The van der Waals surface area contributed by atoms with Crippen LogP contribution in [0.25, 0.3) is 0 Å². The molecule has 37 heavy (non-hydrogen) atoms. The SMILES string of the molecule is CCCCn1cccc([O][In]([O]c2cccn(CCCC)c2=O)[O]c2cccn(CCCC)c2=O)c1=O. The third-order valence-corrected chi connectivity index (χ3v) is 9.71. The molecule has 0 radical (unpaired) electrons. The van der Waals surface area contributed by atoms with Gasteiger partial charge in [0.25, 0.3) is 0 Å². The Morgan fingerprint density at radius 1 is 0.568 bits per heavy atom. The summed E-state index contributed by atoms with van der Waals surface area (Å²) < 4.78 is 22.9. The van der Waals surface area contributed by atoms with Gasteiger partial charge in [0.1, 0.15) is 0 Å².